The topological polar surface area (TPSA) is 46.0 Å². The van der Waals surface area contributed by atoms with Crippen LogP contribution in [-0.2, 0) is 6.61 Å². The van der Waals surface area contributed by atoms with Crippen molar-refractivity contribution in [2.24, 2.45) is 5.92 Å². The molecule has 3 heteroatoms. The van der Waals surface area contributed by atoms with E-state index in [-0.39, 0.29) is 6.61 Å². The van der Waals surface area contributed by atoms with E-state index >= 15 is 0 Å². The van der Waals surface area contributed by atoms with Gasteiger partial charge in [0.05, 0.1) is 12.3 Å². The van der Waals surface area contributed by atoms with Crippen molar-refractivity contribution in [2.75, 3.05) is 0 Å². The molecule has 1 N–H and O–H groups in total. The Hall–Kier alpha value is -0.960. The maximum absolute atomic E-state index is 9.01. The molecule has 1 aliphatic carbocycles. The monoisotopic (exact) mass is 206 g/mol. The van der Waals surface area contributed by atoms with Gasteiger partial charge in [-0.05, 0) is 31.2 Å². The van der Waals surface area contributed by atoms with Gasteiger partial charge in [0.1, 0.15) is 5.82 Å². The fourth-order valence-electron chi connectivity index (χ4n) is 2.38. The van der Waals surface area contributed by atoms with Crippen LogP contribution in [0.2, 0.25) is 0 Å². The first-order chi connectivity index (χ1) is 7.33. The second-order valence-corrected chi connectivity index (χ2v) is 4.35. The van der Waals surface area contributed by atoms with Gasteiger partial charge >= 0.3 is 0 Å². The Kier molecular flexibility index (Phi) is 3.31. The van der Waals surface area contributed by atoms with Crippen molar-refractivity contribution in [1.82, 2.24) is 9.97 Å². The number of hydrogen-bond donors (Lipinski definition) is 1. The van der Waals surface area contributed by atoms with E-state index in [2.05, 4.69) is 16.9 Å². The zero-order valence-electron chi connectivity index (χ0n) is 9.19. The lowest BCUT2D eigenvalue weighted by atomic mass is 10.0. The molecule has 0 aromatic carbocycles. The molecular formula is C12H18N2O. The fourth-order valence-corrected chi connectivity index (χ4v) is 2.38. The Bertz CT molecular complexity index is 327. The van der Waals surface area contributed by atoms with Crippen LogP contribution in [0, 0.1) is 5.92 Å². The van der Waals surface area contributed by atoms with Gasteiger partial charge in [-0.25, -0.2) is 9.97 Å². The molecule has 0 bridgehead atoms. The lowest BCUT2D eigenvalue weighted by molar-refractivity contribution is 0.276. The van der Waals surface area contributed by atoms with Crippen molar-refractivity contribution in [2.45, 2.75) is 45.1 Å². The zero-order valence-corrected chi connectivity index (χ0v) is 9.19. The summed E-state index contributed by atoms with van der Waals surface area (Å²) >= 11 is 0. The summed E-state index contributed by atoms with van der Waals surface area (Å²) in [5.41, 5.74) is 0.736. The molecule has 15 heavy (non-hydrogen) atoms. The summed E-state index contributed by atoms with van der Waals surface area (Å²) < 4.78 is 0. The highest BCUT2D eigenvalue weighted by atomic mass is 16.3. The molecule has 2 unspecified atom stereocenters. The number of rotatable bonds is 3. The Balaban J connectivity index is 2.09. The van der Waals surface area contributed by atoms with Crippen molar-refractivity contribution >= 4 is 0 Å². The first-order valence-corrected chi connectivity index (χ1v) is 5.76. The van der Waals surface area contributed by atoms with Gasteiger partial charge < -0.3 is 5.11 Å². The molecule has 0 amide bonds. The minimum Gasteiger partial charge on any atom is -0.390 e. The van der Waals surface area contributed by atoms with Crippen LogP contribution in [0.15, 0.2) is 12.3 Å². The average molecular weight is 206 g/mol. The highest BCUT2D eigenvalue weighted by molar-refractivity contribution is 5.06. The Morgan fingerprint density at radius 3 is 3.00 bits per heavy atom. The smallest absolute Gasteiger partial charge is 0.131 e. The number of nitrogens with zero attached hydrogens (tertiary/aromatic N) is 2. The van der Waals surface area contributed by atoms with Gasteiger partial charge in [0.15, 0.2) is 0 Å². The van der Waals surface area contributed by atoms with Crippen LogP contribution in [0.1, 0.15) is 50.0 Å². The average Bonchev–Trinajstić information content (AvgIpc) is 2.78. The van der Waals surface area contributed by atoms with Crippen molar-refractivity contribution in [3.05, 3.63) is 23.8 Å². The molecule has 1 heterocycles. The van der Waals surface area contributed by atoms with Gasteiger partial charge in [0, 0.05) is 12.1 Å². The molecule has 1 saturated carbocycles. The van der Waals surface area contributed by atoms with Crippen LogP contribution >= 0.6 is 0 Å². The van der Waals surface area contributed by atoms with E-state index in [1.54, 1.807) is 12.3 Å². The van der Waals surface area contributed by atoms with Crippen LogP contribution in [-0.4, -0.2) is 15.1 Å². The summed E-state index contributed by atoms with van der Waals surface area (Å²) in [4.78, 5) is 8.70. The minimum absolute atomic E-state index is 0.0133. The molecule has 0 spiro atoms. The summed E-state index contributed by atoms with van der Waals surface area (Å²) in [5.74, 6) is 2.29. The van der Waals surface area contributed by atoms with Gasteiger partial charge in [0.2, 0.25) is 0 Å². The summed E-state index contributed by atoms with van der Waals surface area (Å²) in [6.45, 7) is 2.26. The second kappa shape index (κ2) is 4.71. The Labute approximate surface area is 90.6 Å². The summed E-state index contributed by atoms with van der Waals surface area (Å²) in [6, 6.07) is 1.77. The van der Waals surface area contributed by atoms with E-state index in [9.17, 15) is 0 Å². The number of aromatic nitrogens is 2. The third-order valence-corrected chi connectivity index (χ3v) is 3.38. The largest absolute Gasteiger partial charge is 0.390 e. The standard InChI is InChI=1S/C12H18N2O/c1-2-9-3-4-10(7-9)12-13-6-5-11(8-15)14-12/h5-6,9-10,15H,2-4,7-8H2,1H3. The third-order valence-electron chi connectivity index (χ3n) is 3.38. The van der Waals surface area contributed by atoms with Gasteiger partial charge in [0.25, 0.3) is 0 Å². The normalized spacial score (nSPS) is 25.7. The van der Waals surface area contributed by atoms with Crippen molar-refractivity contribution in [3.63, 3.8) is 0 Å². The molecule has 2 rings (SSSR count). The first-order valence-electron chi connectivity index (χ1n) is 5.76. The SMILES string of the molecule is CCC1CCC(c2nccc(CO)n2)C1. The quantitative estimate of drug-likeness (QED) is 0.825. The predicted molar refractivity (Wildman–Crippen MR) is 58.3 cm³/mol. The maximum atomic E-state index is 9.01. The second-order valence-electron chi connectivity index (χ2n) is 4.35. The van der Waals surface area contributed by atoms with E-state index in [4.69, 9.17) is 5.11 Å². The first kappa shape index (κ1) is 10.6. The van der Waals surface area contributed by atoms with Crippen molar-refractivity contribution in [3.8, 4) is 0 Å². The van der Waals surface area contributed by atoms with Gasteiger partial charge in [-0.2, -0.15) is 0 Å². The van der Waals surface area contributed by atoms with Crippen LogP contribution in [0.3, 0.4) is 0 Å². The van der Waals surface area contributed by atoms with Crippen molar-refractivity contribution < 1.29 is 5.11 Å². The highest BCUT2D eigenvalue weighted by Crippen LogP contribution is 2.38. The van der Waals surface area contributed by atoms with Crippen LogP contribution in [0.25, 0.3) is 0 Å². The molecule has 1 aliphatic rings. The lowest BCUT2D eigenvalue weighted by Crippen LogP contribution is -2.03. The van der Waals surface area contributed by atoms with Crippen molar-refractivity contribution in [1.29, 1.82) is 0 Å². The van der Waals surface area contributed by atoms with Gasteiger partial charge in [-0.3, -0.25) is 0 Å². The Morgan fingerprint density at radius 1 is 1.47 bits per heavy atom. The summed E-state index contributed by atoms with van der Waals surface area (Å²) in [6.07, 6.45) is 6.73. The van der Waals surface area contributed by atoms with Crippen LogP contribution in [0.5, 0.6) is 0 Å². The van der Waals surface area contributed by atoms with E-state index in [0.29, 0.717) is 5.92 Å². The predicted octanol–water partition coefficient (Wildman–Crippen LogP) is 2.26. The van der Waals surface area contributed by atoms with E-state index in [0.717, 1.165) is 17.4 Å². The van der Waals surface area contributed by atoms with E-state index < -0.39 is 0 Å². The van der Waals surface area contributed by atoms with Gasteiger partial charge in [-0.15, -0.1) is 0 Å². The molecule has 82 valence electrons. The number of aliphatic hydroxyl groups is 1. The molecule has 2 atom stereocenters. The van der Waals surface area contributed by atoms with E-state index in [1.165, 1.54) is 25.7 Å². The molecule has 1 fully saturated rings. The number of aliphatic hydroxyl groups excluding tert-OH is 1. The van der Waals surface area contributed by atoms with E-state index in [1.807, 2.05) is 0 Å². The molecule has 0 radical (unpaired) electrons. The molecular weight excluding hydrogens is 188 g/mol. The molecule has 1 aromatic heterocycles. The third kappa shape index (κ3) is 2.34. The summed E-state index contributed by atoms with van der Waals surface area (Å²) in [7, 11) is 0. The molecule has 0 aliphatic heterocycles. The molecule has 3 nitrogen and oxygen atoms in total. The zero-order chi connectivity index (χ0) is 10.7. The van der Waals surface area contributed by atoms with Crippen LogP contribution in [0.4, 0.5) is 0 Å². The lowest BCUT2D eigenvalue weighted by Gasteiger charge is -2.09. The summed E-state index contributed by atoms with van der Waals surface area (Å²) in [5, 5.41) is 9.01. The minimum atomic E-state index is 0.0133. The Morgan fingerprint density at radius 2 is 2.33 bits per heavy atom. The molecule has 1 aromatic rings. The van der Waals surface area contributed by atoms with Crippen LogP contribution < -0.4 is 0 Å². The fraction of sp³-hybridized carbons (Fsp3) is 0.667. The molecule has 0 saturated heterocycles. The number of hydrogen-bond acceptors (Lipinski definition) is 3. The highest BCUT2D eigenvalue weighted by Gasteiger charge is 2.26. The maximum Gasteiger partial charge on any atom is 0.131 e. The van der Waals surface area contributed by atoms with Gasteiger partial charge in [-0.1, -0.05) is 13.3 Å².